The lowest BCUT2D eigenvalue weighted by Crippen LogP contribution is -2.30. The van der Waals surface area contributed by atoms with E-state index >= 15 is 0 Å². The summed E-state index contributed by atoms with van der Waals surface area (Å²) >= 11 is 0. The molecule has 21 heavy (non-hydrogen) atoms. The third-order valence-electron chi connectivity index (χ3n) is 3.89. The maximum Gasteiger partial charge on any atom is 0.220 e. The van der Waals surface area contributed by atoms with Gasteiger partial charge in [-0.15, -0.1) is 0 Å². The summed E-state index contributed by atoms with van der Waals surface area (Å²) < 4.78 is 18.1. The monoisotopic (exact) mass is 295 g/mol. The standard InChI is InChI=1S/C16H22FNO3/c17-13-3-5-14(6-4-13)21-11-1-2-15(20)18-12-16(7-8-16)9-10-19/h3-6,19H,1-2,7-12H2,(H,18,20). The van der Waals surface area contributed by atoms with Crippen molar-refractivity contribution < 1.29 is 19.0 Å². The van der Waals surface area contributed by atoms with Crippen LogP contribution in [0.5, 0.6) is 5.75 Å². The number of carbonyl (C=O) groups excluding carboxylic acids is 1. The molecule has 0 aromatic heterocycles. The third kappa shape index (κ3) is 5.34. The van der Waals surface area contributed by atoms with Crippen LogP contribution < -0.4 is 10.1 Å². The second kappa shape index (κ2) is 7.41. The zero-order valence-corrected chi connectivity index (χ0v) is 12.1. The molecular weight excluding hydrogens is 273 g/mol. The van der Waals surface area contributed by atoms with Gasteiger partial charge < -0.3 is 15.2 Å². The molecular formula is C16H22FNO3. The molecule has 0 bridgehead atoms. The first-order valence-corrected chi connectivity index (χ1v) is 7.39. The molecule has 0 atom stereocenters. The van der Waals surface area contributed by atoms with E-state index < -0.39 is 0 Å². The summed E-state index contributed by atoms with van der Waals surface area (Å²) in [4.78, 5) is 11.7. The number of nitrogens with one attached hydrogen (secondary N) is 1. The fraction of sp³-hybridized carbons (Fsp3) is 0.562. The lowest BCUT2D eigenvalue weighted by molar-refractivity contribution is -0.121. The topological polar surface area (TPSA) is 58.6 Å². The number of hydrogen-bond acceptors (Lipinski definition) is 3. The first-order valence-electron chi connectivity index (χ1n) is 7.39. The first-order chi connectivity index (χ1) is 10.1. The highest BCUT2D eigenvalue weighted by atomic mass is 19.1. The minimum Gasteiger partial charge on any atom is -0.494 e. The van der Waals surface area contributed by atoms with Gasteiger partial charge in [0.15, 0.2) is 0 Å². The van der Waals surface area contributed by atoms with E-state index in [1.807, 2.05) is 0 Å². The van der Waals surface area contributed by atoms with Crippen molar-refractivity contribution in [1.29, 1.82) is 0 Å². The Morgan fingerprint density at radius 2 is 2.05 bits per heavy atom. The van der Waals surface area contributed by atoms with Gasteiger partial charge in [0.1, 0.15) is 11.6 Å². The van der Waals surface area contributed by atoms with Crippen molar-refractivity contribution >= 4 is 5.91 Å². The Bertz CT molecular complexity index is 457. The second-order valence-electron chi connectivity index (χ2n) is 5.66. The number of hydrogen-bond donors (Lipinski definition) is 2. The van der Waals surface area contributed by atoms with Gasteiger partial charge in [-0.1, -0.05) is 0 Å². The number of carbonyl (C=O) groups is 1. The predicted molar refractivity (Wildman–Crippen MR) is 77.5 cm³/mol. The van der Waals surface area contributed by atoms with Gasteiger partial charge in [0.25, 0.3) is 0 Å². The van der Waals surface area contributed by atoms with E-state index in [0.717, 1.165) is 19.3 Å². The van der Waals surface area contributed by atoms with Crippen LogP contribution in [0.4, 0.5) is 4.39 Å². The van der Waals surface area contributed by atoms with Crippen molar-refractivity contribution in [2.75, 3.05) is 19.8 Å². The number of halogens is 1. The maximum atomic E-state index is 12.7. The Hall–Kier alpha value is -1.62. The van der Waals surface area contributed by atoms with Crippen LogP contribution in [0.2, 0.25) is 0 Å². The average Bonchev–Trinajstić information content (AvgIpc) is 3.24. The zero-order valence-electron chi connectivity index (χ0n) is 12.1. The Kier molecular flexibility index (Phi) is 5.56. The summed E-state index contributed by atoms with van der Waals surface area (Å²) in [5.41, 5.74) is 0.148. The molecule has 5 heteroatoms. The van der Waals surface area contributed by atoms with Crippen LogP contribution in [-0.4, -0.2) is 30.8 Å². The third-order valence-corrected chi connectivity index (χ3v) is 3.89. The minimum atomic E-state index is -0.293. The van der Waals surface area contributed by atoms with Gasteiger partial charge >= 0.3 is 0 Å². The van der Waals surface area contributed by atoms with Crippen LogP contribution in [0.25, 0.3) is 0 Å². The van der Waals surface area contributed by atoms with Gasteiger partial charge in [0, 0.05) is 19.6 Å². The van der Waals surface area contributed by atoms with Crippen molar-refractivity contribution in [1.82, 2.24) is 5.32 Å². The quantitative estimate of drug-likeness (QED) is 0.687. The largest absolute Gasteiger partial charge is 0.494 e. The lowest BCUT2D eigenvalue weighted by atomic mass is 10.0. The molecule has 1 fully saturated rings. The minimum absolute atomic E-state index is 0.0157. The van der Waals surface area contributed by atoms with Crippen LogP contribution >= 0.6 is 0 Å². The summed E-state index contributed by atoms with van der Waals surface area (Å²) in [6, 6.07) is 5.83. The molecule has 1 aliphatic carbocycles. The van der Waals surface area contributed by atoms with Crippen LogP contribution in [0.1, 0.15) is 32.1 Å². The lowest BCUT2D eigenvalue weighted by Gasteiger charge is -2.14. The fourth-order valence-electron chi connectivity index (χ4n) is 2.26. The molecule has 0 unspecified atom stereocenters. The SMILES string of the molecule is O=C(CCCOc1ccc(F)cc1)NCC1(CCO)CC1. The molecule has 0 spiro atoms. The molecule has 116 valence electrons. The van der Waals surface area contributed by atoms with Crippen LogP contribution in [-0.2, 0) is 4.79 Å². The van der Waals surface area contributed by atoms with E-state index in [2.05, 4.69) is 5.32 Å². The van der Waals surface area contributed by atoms with Crippen molar-refractivity contribution in [3.05, 3.63) is 30.1 Å². The van der Waals surface area contributed by atoms with E-state index in [-0.39, 0.29) is 23.7 Å². The number of aliphatic hydroxyl groups is 1. The predicted octanol–water partition coefficient (Wildman–Crippen LogP) is 2.26. The van der Waals surface area contributed by atoms with Crippen LogP contribution in [0, 0.1) is 11.2 Å². The highest BCUT2D eigenvalue weighted by Gasteiger charge is 2.41. The summed E-state index contributed by atoms with van der Waals surface area (Å²) in [7, 11) is 0. The van der Waals surface area contributed by atoms with Crippen LogP contribution in [0.3, 0.4) is 0 Å². The summed E-state index contributed by atoms with van der Waals surface area (Å²) in [6.45, 7) is 1.27. The molecule has 2 rings (SSSR count). The highest BCUT2D eigenvalue weighted by molar-refractivity contribution is 5.75. The fourth-order valence-corrected chi connectivity index (χ4v) is 2.26. The number of aliphatic hydroxyl groups excluding tert-OH is 1. The van der Waals surface area contributed by atoms with Crippen molar-refractivity contribution in [3.63, 3.8) is 0 Å². The molecule has 1 aromatic rings. The van der Waals surface area contributed by atoms with E-state index in [9.17, 15) is 9.18 Å². The molecule has 1 amide bonds. The average molecular weight is 295 g/mol. The number of rotatable bonds is 9. The number of benzene rings is 1. The molecule has 4 nitrogen and oxygen atoms in total. The molecule has 0 saturated heterocycles. The molecule has 2 N–H and O–H groups in total. The zero-order chi connectivity index (χ0) is 15.1. The normalized spacial score (nSPS) is 15.5. The van der Waals surface area contributed by atoms with Crippen LogP contribution in [0.15, 0.2) is 24.3 Å². The van der Waals surface area contributed by atoms with E-state index in [4.69, 9.17) is 9.84 Å². The van der Waals surface area contributed by atoms with E-state index in [0.29, 0.717) is 31.7 Å². The van der Waals surface area contributed by atoms with Gasteiger partial charge in [0.05, 0.1) is 6.61 Å². The van der Waals surface area contributed by atoms with Gasteiger partial charge in [-0.05, 0) is 55.4 Å². The Labute approximate surface area is 124 Å². The smallest absolute Gasteiger partial charge is 0.220 e. The summed E-state index contributed by atoms with van der Waals surface area (Å²) in [5, 5.41) is 11.9. The molecule has 0 radical (unpaired) electrons. The first kappa shape index (κ1) is 15.8. The van der Waals surface area contributed by atoms with Gasteiger partial charge in [-0.3, -0.25) is 4.79 Å². The van der Waals surface area contributed by atoms with Gasteiger partial charge in [-0.2, -0.15) is 0 Å². The molecule has 0 aliphatic heterocycles. The Balaban J connectivity index is 1.56. The van der Waals surface area contributed by atoms with Crippen molar-refractivity contribution in [2.45, 2.75) is 32.1 Å². The Morgan fingerprint density at radius 3 is 2.67 bits per heavy atom. The van der Waals surface area contributed by atoms with Crippen molar-refractivity contribution in [3.8, 4) is 5.75 Å². The second-order valence-corrected chi connectivity index (χ2v) is 5.66. The summed E-state index contributed by atoms with van der Waals surface area (Å²) in [6.07, 6.45) is 3.97. The molecule has 1 aliphatic rings. The molecule has 1 saturated carbocycles. The molecule has 0 heterocycles. The number of amides is 1. The maximum absolute atomic E-state index is 12.7. The van der Waals surface area contributed by atoms with Gasteiger partial charge in [0.2, 0.25) is 5.91 Å². The van der Waals surface area contributed by atoms with E-state index in [1.54, 1.807) is 12.1 Å². The Morgan fingerprint density at radius 1 is 1.33 bits per heavy atom. The van der Waals surface area contributed by atoms with Gasteiger partial charge in [-0.25, -0.2) is 4.39 Å². The molecule has 1 aromatic carbocycles. The van der Waals surface area contributed by atoms with Crippen molar-refractivity contribution in [2.24, 2.45) is 5.41 Å². The highest BCUT2D eigenvalue weighted by Crippen LogP contribution is 2.47. The summed E-state index contributed by atoms with van der Waals surface area (Å²) in [5.74, 6) is 0.331. The number of ether oxygens (including phenoxy) is 1. The van der Waals surface area contributed by atoms with E-state index in [1.165, 1.54) is 12.1 Å².